The maximum absolute atomic E-state index is 10.5. The van der Waals surface area contributed by atoms with Crippen LogP contribution < -0.4 is 0 Å². The number of benzene rings is 1. The molecule has 0 aromatic heterocycles. The topological polar surface area (TPSA) is 57.5 Å². The average molecular weight is 236 g/mol. The number of hydrogen-bond acceptors (Lipinski definition) is 2. The fourth-order valence-electron chi connectivity index (χ4n) is 1.87. The molecule has 2 N–H and O–H groups in total. The number of aliphatic carboxylic acids is 1. The number of rotatable bonds is 6. The van der Waals surface area contributed by atoms with Gasteiger partial charge in [-0.25, -0.2) is 0 Å². The summed E-state index contributed by atoms with van der Waals surface area (Å²) in [6.07, 6.45) is 0.989. The lowest BCUT2D eigenvalue weighted by Crippen LogP contribution is -2.09. The van der Waals surface area contributed by atoms with Crippen LogP contribution in [0.4, 0.5) is 0 Å². The molecule has 0 aliphatic rings. The molecule has 0 fully saturated rings. The number of aliphatic hydroxyl groups excluding tert-OH is 1. The van der Waals surface area contributed by atoms with Crippen LogP contribution in [0, 0.1) is 5.92 Å². The third-order valence-corrected chi connectivity index (χ3v) is 2.92. The van der Waals surface area contributed by atoms with Crippen LogP contribution in [0.15, 0.2) is 24.3 Å². The van der Waals surface area contributed by atoms with Crippen molar-refractivity contribution < 1.29 is 15.0 Å². The van der Waals surface area contributed by atoms with E-state index in [1.165, 1.54) is 5.56 Å². The van der Waals surface area contributed by atoms with E-state index < -0.39 is 12.1 Å². The molecule has 17 heavy (non-hydrogen) atoms. The van der Waals surface area contributed by atoms with Crippen LogP contribution in [0.2, 0.25) is 0 Å². The Morgan fingerprint density at radius 1 is 1.29 bits per heavy atom. The summed E-state index contributed by atoms with van der Waals surface area (Å²) >= 11 is 0. The minimum atomic E-state index is -0.814. The van der Waals surface area contributed by atoms with E-state index in [9.17, 15) is 9.90 Å². The lowest BCUT2D eigenvalue weighted by atomic mass is 9.95. The quantitative estimate of drug-likeness (QED) is 0.798. The van der Waals surface area contributed by atoms with E-state index >= 15 is 0 Å². The van der Waals surface area contributed by atoms with E-state index in [0.717, 1.165) is 12.0 Å². The first-order chi connectivity index (χ1) is 8.02. The summed E-state index contributed by atoms with van der Waals surface area (Å²) in [6.45, 7) is 3.93. The van der Waals surface area contributed by atoms with E-state index in [0.29, 0.717) is 6.42 Å². The zero-order valence-electron chi connectivity index (χ0n) is 10.4. The van der Waals surface area contributed by atoms with E-state index in [2.05, 4.69) is 6.92 Å². The third-order valence-electron chi connectivity index (χ3n) is 2.92. The van der Waals surface area contributed by atoms with Crippen molar-refractivity contribution in [3.63, 3.8) is 0 Å². The molecule has 1 rings (SSSR count). The first kappa shape index (κ1) is 13.7. The van der Waals surface area contributed by atoms with Gasteiger partial charge in [-0.3, -0.25) is 4.79 Å². The predicted octanol–water partition coefficient (Wildman–Crippen LogP) is 2.78. The number of hydrogen-bond donors (Lipinski definition) is 2. The first-order valence-corrected chi connectivity index (χ1v) is 6.01. The van der Waals surface area contributed by atoms with Crippen LogP contribution in [-0.2, 0) is 11.2 Å². The predicted molar refractivity (Wildman–Crippen MR) is 66.8 cm³/mol. The van der Waals surface area contributed by atoms with Crippen molar-refractivity contribution in [1.29, 1.82) is 0 Å². The number of carboxylic acids is 1. The lowest BCUT2D eigenvalue weighted by Gasteiger charge is -2.15. The SMILES string of the molecule is CCc1ccc(C(O)CC(C)CC(=O)O)cc1. The fraction of sp³-hybridized carbons (Fsp3) is 0.500. The number of carboxylic acid groups (broad SMARTS) is 1. The van der Waals surface area contributed by atoms with Gasteiger partial charge >= 0.3 is 5.97 Å². The van der Waals surface area contributed by atoms with Crippen LogP contribution in [0.1, 0.15) is 43.9 Å². The molecule has 0 aliphatic carbocycles. The van der Waals surface area contributed by atoms with Crippen molar-refractivity contribution in [3.05, 3.63) is 35.4 Å². The maximum atomic E-state index is 10.5. The normalized spacial score (nSPS) is 14.3. The number of aliphatic hydroxyl groups is 1. The zero-order valence-corrected chi connectivity index (χ0v) is 10.4. The van der Waals surface area contributed by atoms with E-state index in [1.807, 2.05) is 31.2 Å². The molecule has 3 heteroatoms. The van der Waals surface area contributed by atoms with Gasteiger partial charge in [0.1, 0.15) is 0 Å². The fourth-order valence-corrected chi connectivity index (χ4v) is 1.87. The highest BCUT2D eigenvalue weighted by Gasteiger charge is 2.14. The molecule has 0 amide bonds. The molecule has 3 nitrogen and oxygen atoms in total. The van der Waals surface area contributed by atoms with Crippen molar-refractivity contribution in [3.8, 4) is 0 Å². The van der Waals surface area contributed by atoms with E-state index in [1.54, 1.807) is 0 Å². The number of carbonyl (C=O) groups is 1. The Labute approximate surface area is 102 Å². The van der Waals surface area contributed by atoms with Gasteiger partial charge in [0.05, 0.1) is 6.10 Å². The smallest absolute Gasteiger partial charge is 0.303 e. The van der Waals surface area contributed by atoms with Crippen molar-refractivity contribution >= 4 is 5.97 Å². The van der Waals surface area contributed by atoms with Gasteiger partial charge < -0.3 is 10.2 Å². The third kappa shape index (κ3) is 4.57. The number of aryl methyl sites for hydroxylation is 1. The highest BCUT2D eigenvalue weighted by molar-refractivity contribution is 5.66. The van der Waals surface area contributed by atoms with Crippen molar-refractivity contribution in [2.24, 2.45) is 5.92 Å². The molecule has 94 valence electrons. The maximum Gasteiger partial charge on any atom is 0.303 e. The van der Waals surface area contributed by atoms with Crippen LogP contribution in [0.5, 0.6) is 0 Å². The highest BCUT2D eigenvalue weighted by Crippen LogP contribution is 2.23. The highest BCUT2D eigenvalue weighted by atomic mass is 16.4. The summed E-state index contributed by atoms with van der Waals surface area (Å²) in [5, 5.41) is 18.6. The molecular formula is C14H20O3. The Morgan fingerprint density at radius 2 is 1.88 bits per heavy atom. The average Bonchev–Trinajstić information content (AvgIpc) is 2.28. The van der Waals surface area contributed by atoms with Gasteiger partial charge in [0.15, 0.2) is 0 Å². The molecule has 0 aliphatic heterocycles. The van der Waals surface area contributed by atoms with Crippen molar-refractivity contribution in [2.45, 2.75) is 39.2 Å². The summed E-state index contributed by atoms with van der Waals surface area (Å²) in [7, 11) is 0. The molecule has 0 heterocycles. The molecule has 1 aromatic rings. The van der Waals surface area contributed by atoms with Crippen LogP contribution in [0.3, 0.4) is 0 Å². The summed E-state index contributed by atoms with van der Waals surface area (Å²) in [5.41, 5.74) is 2.10. The Kier molecular flexibility index (Phi) is 5.16. The first-order valence-electron chi connectivity index (χ1n) is 6.01. The minimum Gasteiger partial charge on any atom is -0.481 e. The van der Waals surface area contributed by atoms with Gasteiger partial charge in [-0.1, -0.05) is 38.1 Å². The molecule has 2 atom stereocenters. The molecule has 2 unspecified atom stereocenters. The standard InChI is InChI=1S/C14H20O3/c1-3-11-4-6-12(7-5-11)13(15)8-10(2)9-14(16)17/h4-7,10,13,15H,3,8-9H2,1-2H3,(H,16,17). The van der Waals surface area contributed by atoms with Gasteiger partial charge in [0.2, 0.25) is 0 Å². The van der Waals surface area contributed by atoms with Gasteiger partial charge in [0.25, 0.3) is 0 Å². The van der Waals surface area contributed by atoms with E-state index in [-0.39, 0.29) is 12.3 Å². The largest absolute Gasteiger partial charge is 0.481 e. The molecule has 0 bridgehead atoms. The zero-order chi connectivity index (χ0) is 12.8. The Hall–Kier alpha value is -1.35. The molecule has 0 saturated heterocycles. The summed E-state index contributed by atoms with van der Waals surface area (Å²) in [6, 6.07) is 7.83. The van der Waals surface area contributed by atoms with Crippen LogP contribution in [0.25, 0.3) is 0 Å². The summed E-state index contributed by atoms with van der Waals surface area (Å²) < 4.78 is 0. The molecule has 0 spiro atoms. The second kappa shape index (κ2) is 6.40. The van der Waals surface area contributed by atoms with Crippen LogP contribution in [-0.4, -0.2) is 16.2 Å². The lowest BCUT2D eigenvalue weighted by molar-refractivity contribution is -0.138. The Morgan fingerprint density at radius 3 is 2.35 bits per heavy atom. The van der Waals surface area contributed by atoms with Crippen LogP contribution >= 0.6 is 0 Å². The molecular weight excluding hydrogens is 216 g/mol. The molecule has 0 radical (unpaired) electrons. The Balaban J connectivity index is 2.56. The second-order valence-corrected chi connectivity index (χ2v) is 4.55. The minimum absolute atomic E-state index is 0.0200. The second-order valence-electron chi connectivity index (χ2n) is 4.55. The van der Waals surface area contributed by atoms with Gasteiger partial charge in [0, 0.05) is 6.42 Å². The Bertz CT molecular complexity index is 356. The summed E-state index contributed by atoms with van der Waals surface area (Å²) in [5.74, 6) is -0.834. The van der Waals surface area contributed by atoms with Gasteiger partial charge in [-0.15, -0.1) is 0 Å². The van der Waals surface area contributed by atoms with Gasteiger partial charge in [-0.2, -0.15) is 0 Å². The monoisotopic (exact) mass is 236 g/mol. The summed E-state index contributed by atoms with van der Waals surface area (Å²) in [4.78, 5) is 10.5. The molecule has 1 aromatic carbocycles. The van der Waals surface area contributed by atoms with Crippen molar-refractivity contribution in [1.82, 2.24) is 0 Å². The van der Waals surface area contributed by atoms with Gasteiger partial charge in [-0.05, 0) is 29.9 Å². The van der Waals surface area contributed by atoms with E-state index in [4.69, 9.17) is 5.11 Å². The molecule has 0 saturated carbocycles. The van der Waals surface area contributed by atoms with Crippen molar-refractivity contribution in [2.75, 3.05) is 0 Å².